The average molecular weight is 404 g/mol. The fraction of sp³-hybridized carbons (Fsp3) is 0.500. The fourth-order valence-electron chi connectivity index (χ4n) is 4.83. The second kappa shape index (κ2) is 7.21. The van der Waals surface area contributed by atoms with Gasteiger partial charge in [-0.25, -0.2) is 0 Å². The van der Waals surface area contributed by atoms with E-state index in [1.807, 2.05) is 36.4 Å². The van der Waals surface area contributed by atoms with Crippen LogP contribution in [0.25, 0.3) is 0 Å². The largest absolute Gasteiger partial charge is 0.487 e. The van der Waals surface area contributed by atoms with E-state index in [-0.39, 0.29) is 23.8 Å². The van der Waals surface area contributed by atoms with E-state index in [1.165, 1.54) is 0 Å². The first-order chi connectivity index (χ1) is 13.4. The van der Waals surface area contributed by atoms with Crippen LogP contribution in [0.2, 0.25) is 5.02 Å². The lowest BCUT2D eigenvalue weighted by atomic mass is 9.63. The zero-order valence-electron chi connectivity index (χ0n) is 16.0. The van der Waals surface area contributed by atoms with Crippen molar-refractivity contribution >= 4 is 17.5 Å². The number of carbonyl (C=O) groups is 1. The standard InChI is InChI=1S/C22H26ClNO4/c1-27-22(11-2-4-14(20(22)26)5-8-19(24)25)17-13-21(9-3-10-21)28-18-7-6-15(23)12-16(17)18/h2,4,6-7,11-12,17,20,26H,3,5,8-10,13H2,1H3,(H2,24,25). The van der Waals surface area contributed by atoms with E-state index in [0.717, 1.165) is 42.6 Å². The van der Waals surface area contributed by atoms with Gasteiger partial charge in [0.15, 0.2) is 0 Å². The van der Waals surface area contributed by atoms with E-state index in [9.17, 15) is 9.90 Å². The number of hydrogen-bond donors (Lipinski definition) is 2. The summed E-state index contributed by atoms with van der Waals surface area (Å²) in [5, 5.41) is 12.0. The van der Waals surface area contributed by atoms with Gasteiger partial charge in [-0.05, 0) is 62.0 Å². The number of halogens is 1. The fourth-order valence-corrected chi connectivity index (χ4v) is 5.01. The third-order valence-electron chi connectivity index (χ3n) is 6.52. The number of methoxy groups -OCH3 is 1. The summed E-state index contributed by atoms with van der Waals surface area (Å²) in [5.41, 5.74) is 5.85. The number of rotatable bonds is 5. The molecule has 3 atom stereocenters. The Morgan fingerprint density at radius 2 is 2.21 bits per heavy atom. The Balaban J connectivity index is 1.75. The van der Waals surface area contributed by atoms with E-state index in [0.29, 0.717) is 11.4 Å². The van der Waals surface area contributed by atoms with Crippen molar-refractivity contribution in [2.45, 2.75) is 61.7 Å². The summed E-state index contributed by atoms with van der Waals surface area (Å²) in [5.74, 6) is 0.302. The zero-order valence-corrected chi connectivity index (χ0v) is 16.7. The summed E-state index contributed by atoms with van der Waals surface area (Å²) >= 11 is 6.30. The molecule has 5 nitrogen and oxygen atoms in total. The summed E-state index contributed by atoms with van der Waals surface area (Å²) in [6.45, 7) is 0. The van der Waals surface area contributed by atoms with Crippen LogP contribution in [0.15, 0.2) is 42.0 Å². The van der Waals surface area contributed by atoms with Crippen molar-refractivity contribution < 1.29 is 19.4 Å². The number of allylic oxidation sites excluding steroid dienone is 2. The lowest BCUT2D eigenvalue weighted by Gasteiger charge is -2.53. The first-order valence-corrected chi connectivity index (χ1v) is 10.2. The van der Waals surface area contributed by atoms with Crippen molar-refractivity contribution in [3.05, 3.63) is 52.6 Å². The highest BCUT2D eigenvalue weighted by Crippen LogP contribution is 2.55. The minimum atomic E-state index is -0.951. The Labute approximate surface area is 170 Å². The Morgan fingerprint density at radius 3 is 2.86 bits per heavy atom. The lowest BCUT2D eigenvalue weighted by molar-refractivity contribution is -0.118. The molecule has 3 aliphatic rings. The third kappa shape index (κ3) is 3.15. The van der Waals surface area contributed by atoms with Crippen molar-refractivity contribution in [1.29, 1.82) is 0 Å². The number of ether oxygens (including phenoxy) is 2. The Kier molecular flexibility index (Phi) is 5.02. The van der Waals surface area contributed by atoms with Gasteiger partial charge in [0, 0.05) is 30.0 Å². The van der Waals surface area contributed by atoms with E-state index in [1.54, 1.807) is 7.11 Å². The number of benzene rings is 1. The number of nitrogens with two attached hydrogens (primary N) is 1. The van der Waals surface area contributed by atoms with E-state index in [2.05, 4.69) is 0 Å². The summed E-state index contributed by atoms with van der Waals surface area (Å²) in [6.07, 6.45) is 9.27. The first-order valence-electron chi connectivity index (χ1n) is 9.77. The quantitative estimate of drug-likeness (QED) is 0.786. The SMILES string of the molecule is COC1(C2CC3(CCC3)Oc3ccc(Cl)cc32)C=CC=C(CCC(N)=O)C1O. The Hall–Kier alpha value is -1.82. The number of aliphatic hydroxyl groups is 1. The van der Waals surface area contributed by atoms with Gasteiger partial charge in [0.1, 0.15) is 23.1 Å². The normalized spacial score (nSPS) is 30.2. The minimum Gasteiger partial charge on any atom is -0.487 e. The lowest BCUT2D eigenvalue weighted by Crippen LogP contribution is -2.56. The summed E-state index contributed by atoms with van der Waals surface area (Å²) in [6, 6.07) is 5.66. The van der Waals surface area contributed by atoms with E-state index < -0.39 is 11.7 Å². The second-order valence-electron chi connectivity index (χ2n) is 8.10. The molecular formula is C22H26ClNO4. The van der Waals surface area contributed by atoms with Crippen molar-refractivity contribution in [3.63, 3.8) is 0 Å². The topological polar surface area (TPSA) is 81.8 Å². The van der Waals surface area contributed by atoms with Crippen molar-refractivity contribution in [1.82, 2.24) is 0 Å². The molecular weight excluding hydrogens is 378 g/mol. The first kappa shape index (κ1) is 19.5. The molecule has 150 valence electrons. The minimum absolute atomic E-state index is 0.122. The summed E-state index contributed by atoms with van der Waals surface area (Å²) in [7, 11) is 1.62. The van der Waals surface area contributed by atoms with Crippen LogP contribution in [0.5, 0.6) is 5.75 Å². The molecule has 0 radical (unpaired) electrons. The molecule has 3 N–H and O–H groups in total. The van der Waals surface area contributed by atoms with Crippen molar-refractivity contribution in [2.75, 3.05) is 7.11 Å². The van der Waals surface area contributed by atoms with Crippen molar-refractivity contribution in [3.8, 4) is 5.75 Å². The predicted octanol–water partition coefficient (Wildman–Crippen LogP) is 3.64. The monoisotopic (exact) mass is 403 g/mol. The van der Waals surface area contributed by atoms with Crippen LogP contribution in [-0.4, -0.2) is 35.4 Å². The van der Waals surface area contributed by atoms with Gasteiger partial charge in [-0.1, -0.05) is 23.8 Å². The molecule has 1 fully saturated rings. The highest BCUT2D eigenvalue weighted by atomic mass is 35.5. The maximum atomic E-state index is 11.3. The van der Waals surface area contributed by atoms with Gasteiger partial charge in [0.2, 0.25) is 5.91 Å². The molecule has 1 aromatic carbocycles. The molecule has 4 rings (SSSR count). The van der Waals surface area contributed by atoms with Gasteiger partial charge in [-0.3, -0.25) is 4.79 Å². The Bertz CT molecular complexity index is 845. The number of hydrogen-bond acceptors (Lipinski definition) is 4. The Morgan fingerprint density at radius 1 is 1.43 bits per heavy atom. The number of primary amides is 1. The van der Waals surface area contributed by atoms with Gasteiger partial charge < -0.3 is 20.3 Å². The summed E-state index contributed by atoms with van der Waals surface area (Å²) < 4.78 is 12.4. The zero-order chi connectivity index (χ0) is 19.9. The van der Waals surface area contributed by atoms with Crippen LogP contribution >= 0.6 is 11.6 Å². The van der Waals surface area contributed by atoms with Crippen LogP contribution in [-0.2, 0) is 9.53 Å². The molecule has 1 aliphatic heterocycles. The molecule has 1 amide bonds. The molecule has 28 heavy (non-hydrogen) atoms. The molecule has 1 heterocycles. The second-order valence-corrected chi connectivity index (χ2v) is 8.54. The van der Waals surface area contributed by atoms with Gasteiger partial charge in [0.05, 0.1) is 0 Å². The summed E-state index contributed by atoms with van der Waals surface area (Å²) in [4.78, 5) is 11.2. The number of amides is 1. The molecule has 2 aliphatic carbocycles. The van der Waals surface area contributed by atoms with Gasteiger partial charge >= 0.3 is 0 Å². The number of aliphatic hydroxyl groups excluding tert-OH is 1. The molecule has 0 bridgehead atoms. The molecule has 3 unspecified atom stereocenters. The molecule has 6 heteroatoms. The maximum absolute atomic E-state index is 11.3. The van der Waals surface area contributed by atoms with Crippen molar-refractivity contribution in [2.24, 2.45) is 5.73 Å². The van der Waals surface area contributed by atoms with Crippen LogP contribution < -0.4 is 10.5 Å². The molecule has 1 spiro atoms. The molecule has 0 aromatic heterocycles. The van der Waals surface area contributed by atoms with Gasteiger partial charge in [0.25, 0.3) is 0 Å². The van der Waals surface area contributed by atoms with Crippen LogP contribution in [0.1, 0.15) is 50.0 Å². The number of carbonyl (C=O) groups excluding carboxylic acids is 1. The smallest absolute Gasteiger partial charge is 0.217 e. The highest BCUT2D eigenvalue weighted by Gasteiger charge is 2.55. The van der Waals surface area contributed by atoms with E-state index >= 15 is 0 Å². The van der Waals surface area contributed by atoms with Crippen LogP contribution in [0.3, 0.4) is 0 Å². The van der Waals surface area contributed by atoms with Gasteiger partial charge in [-0.2, -0.15) is 0 Å². The van der Waals surface area contributed by atoms with Crippen LogP contribution in [0, 0.1) is 0 Å². The number of fused-ring (bicyclic) bond motifs is 1. The highest BCUT2D eigenvalue weighted by molar-refractivity contribution is 6.30. The third-order valence-corrected chi connectivity index (χ3v) is 6.75. The average Bonchev–Trinajstić information content (AvgIpc) is 2.65. The van der Waals surface area contributed by atoms with Crippen LogP contribution in [0.4, 0.5) is 0 Å². The maximum Gasteiger partial charge on any atom is 0.217 e. The molecule has 1 aromatic rings. The van der Waals surface area contributed by atoms with E-state index in [4.69, 9.17) is 26.8 Å². The predicted molar refractivity (Wildman–Crippen MR) is 107 cm³/mol. The van der Waals surface area contributed by atoms with Gasteiger partial charge in [-0.15, -0.1) is 0 Å². The molecule has 0 saturated heterocycles. The molecule has 1 saturated carbocycles.